The normalized spacial score (nSPS) is 15.4. The highest BCUT2D eigenvalue weighted by atomic mass is 15.2. The van der Waals surface area contributed by atoms with Crippen LogP contribution in [0.5, 0.6) is 0 Å². The Bertz CT molecular complexity index is 2140. The third-order valence-corrected chi connectivity index (χ3v) is 9.29. The molecule has 2 heteroatoms. The molecule has 2 nitrogen and oxygen atoms in total. The molecule has 0 amide bonds. The smallest absolute Gasteiger partial charge is 0.0568 e. The summed E-state index contributed by atoms with van der Waals surface area (Å²) in [5.74, 6) is 0.394. The zero-order valence-corrected chi connectivity index (χ0v) is 27.7. The topological polar surface area (TPSA) is 6.48 Å². The first kappa shape index (κ1) is 30.8. The molecule has 0 spiro atoms. The Balaban J connectivity index is 1.20. The molecule has 0 aromatic heterocycles. The van der Waals surface area contributed by atoms with E-state index in [2.05, 4.69) is 195 Å². The second-order valence-electron chi connectivity index (χ2n) is 12.5. The number of benzene rings is 5. The molecule has 2 aliphatic rings. The molecule has 48 heavy (non-hydrogen) atoms. The average Bonchev–Trinajstić information content (AvgIpc) is 3.14. The highest BCUT2D eigenvalue weighted by molar-refractivity contribution is 5.99. The van der Waals surface area contributed by atoms with Crippen LogP contribution in [0, 0.1) is 12.8 Å². The Labute approximate surface area is 285 Å². The van der Waals surface area contributed by atoms with Crippen molar-refractivity contribution in [3.05, 3.63) is 211 Å². The summed E-state index contributed by atoms with van der Waals surface area (Å²) in [6, 6.07) is 42.8. The SMILES string of the molecule is C=C(/C=C\C(=C)N(c1ccccc1)c1c(C)ccc2ccccc12)c1ccc(N(C2=C3C=CC=CC3CC=C2C)c2ccccc2)cc1. The van der Waals surface area contributed by atoms with Crippen LogP contribution in [0.3, 0.4) is 0 Å². The van der Waals surface area contributed by atoms with E-state index in [0.717, 1.165) is 46.0 Å². The zero-order valence-electron chi connectivity index (χ0n) is 27.7. The van der Waals surface area contributed by atoms with Gasteiger partial charge in [0.1, 0.15) is 0 Å². The lowest BCUT2D eigenvalue weighted by atomic mass is 9.83. The number of anilines is 4. The number of allylic oxidation sites excluding steroid dienone is 10. The average molecular weight is 621 g/mol. The molecule has 5 aromatic carbocycles. The lowest BCUT2D eigenvalue weighted by molar-refractivity contribution is 0.752. The predicted octanol–water partition coefficient (Wildman–Crippen LogP) is 12.6. The van der Waals surface area contributed by atoms with Gasteiger partial charge in [0.2, 0.25) is 0 Å². The van der Waals surface area contributed by atoms with Crippen molar-refractivity contribution in [3.8, 4) is 0 Å². The van der Waals surface area contributed by atoms with Crippen LogP contribution >= 0.6 is 0 Å². The molecule has 7 rings (SSSR count). The van der Waals surface area contributed by atoms with E-state index >= 15 is 0 Å². The fourth-order valence-electron chi connectivity index (χ4n) is 6.83. The van der Waals surface area contributed by atoms with Crippen LogP contribution in [-0.2, 0) is 0 Å². The van der Waals surface area contributed by atoms with Crippen LogP contribution in [0.1, 0.15) is 24.5 Å². The minimum atomic E-state index is 0.394. The Kier molecular flexibility index (Phi) is 8.64. The summed E-state index contributed by atoms with van der Waals surface area (Å²) in [7, 11) is 0. The molecule has 0 N–H and O–H groups in total. The number of aryl methyl sites for hydroxylation is 1. The number of fused-ring (bicyclic) bond motifs is 2. The van der Waals surface area contributed by atoms with E-state index in [4.69, 9.17) is 0 Å². The van der Waals surface area contributed by atoms with Crippen molar-refractivity contribution in [1.82, 2.24) is 0 Å². The molecule has 0 fully saturated rings. The van der Waals surface area contributed by atoms with E-state index in [0.29, 0.717) is 5.92 Å². The summed E-state index contributed by atoms with van der Waals surface area (Å²) in [6.07, 6.45) is 16.5. The van der Waals surface area contributed by atoms with Crippen LogP contribution in [0.2, 0.25) is 0 Å². The number of nitrogens with zero attached hydrogens (tertiary/aromatic N) is 2. The van der Waals surface area contributed by atoms with Gasteiger partial charge in [0, 0.05) is 34.1 Å². The number of para-hydroxylation sites is 2. The lowest BCUT2D eigenvalue weighted by Crippen LogP contribution is -2.23. The highest BCUT2D eigenvalue weighted by Gasteiger charge is 2.26. The molecule has 0 saturated carbocycles. The van der Waals surface area contributed by atoms with Gasteiger partial charge in [-0.15, -0.1) is 0 Å². The van der Waals surface area contributed by atoms with E-state index in [1.807, 2.05) is 6.07 Å². The maximum Gasteiger partial charge on any atom is 0.0568 e. The van der Waals surface area contributed by atoms with Gasteiger partial charge < -0.3 is 9.80 Å². The predicted molar refractivity (Wildman–Crippen MR) is 207 cm³/mol. The molecule has 0 saturated heterocycles. The molecular formula is C46H40N2. The minimum Gasteiger partial charge on any atom is -0.310 e. The van der Waals surface area contributed by atoms with Crippen molar-refractivity contribution in [2.24, 2.45) is 5.92 Å². The largest absolute Gasteiger partial charge is 0.310 e. The molecule has 0 heterocycles. The molecule has 0 aliphatic heterocycles. The van der Waals surface area contributed by atoms with Gasteiger partial charge in [-0.25, -0.2) is 0 Å². The fourth-order valence-corrected chi connectivity index (χ4v) is 6.83. The third-order valence-electron chi connectivity index (χ3n) is 9.29. The van der Waals surface area contributed by atoms with Crippen LogP contribution in [0.4, 0.5) is 22.7 Å². The van der Waals surface area contributed by atoms with Gasteiger partial charge in [-0.1, -0.05) is 135 Å². The van der Waals surface area contributed by atoms with Gasteiger partial charge in [0.05, 0.1) is 11.4 Å². The van der Waals surface area contributed by atoms with Crippen molar-refractivity contribution >= 4 is 39.1 Å². The summed E-state index contributed by atoms with van der Waals surface area (Å²) in [5, 5.41) is 2.39. The first-order valence-electron chi connectivity index (χ1n) is 16.6. The Morgan fingerprint density at radius 3 is 2.10 bits per heavy atom. The lowest BCUT2D eigenvalue weighted by Gasteiger charge is -2.35. The molecule has 5 aromatic rings. The van der Waals surface area contributed by atoms with Gasteiger partial charge in [-0.05, 0) is 96.0 Å². The van der Waals surface area contributed by atoms with Crippen LogP contribution in [0.15, 0.2) is 200 Å². The van der Waals surface area contributed by atoms with E-state index in [9.17, 15) is 0 Å². The molecule has 234 valence electrons. The Morgan fingerprint density at radius 1 is 0.688 bits per heavy atom. The van der Waals surface area contributed by atoms with E-state index in [-0.39, 0.29) is 0 Å². The fraction of sp³-hybridized carbons (Fsp3) is 0.0870. The first-order valence-corrected chi connectivity index (χ1v) is 16.6. The van der Waals surface area contributed by atoms with Crippen molar-refractivity contribution < 1.29 is 0 Å². The van der Waals surface area contributed by atoms with Crippen molar-refractivity contribution in [3.63, 3.8) is 0 Å². The summed E-state index contributed by atoms with van der Waals surface area (Å²) in [6.45, 7) is 13.4. The van der Waals surface area contributed by atoms with Crippen LogP contribution in [-0.4, -0.2) is 0 Å². The van der Waals surface area contributed by atoms with Crippen molar-refractivity contribution in [2.45, 2.75) is 20.3 Å². The molecule has 1 atom stereocenters. The van der Waals surface area contributed by atoms with Gasteiger partial charge in [-0.3, -0.25) is 0 Å². The zero-order chi connectivity index (χ0) is 33.0. The quantitative estimate of drug-likeness (QED) is 0.151. The number of hydrogen-bond donors (Lipinski definition) is 0. The van der Waals surface area contributed by atoms with E-state index < -0.39 is 0 Å². The van der Waals surface area contributed by atoms with Gasteiger partial charge in [-0.2, -0.15) is 0 Å². The molecular weight excluding hydrogens is 581 g/mol. The first-order chi connectivity index (χ1) is 23.5. The summed E-state index contributed by atoms with van der Waals surface area (Å²) in [5.41, 5.74) is 12.4. The third kappa shape index (κ3) is 6.01. The number of hydrogen-bond acceptors (Lipinski definition) is 2. The standard InChI is InChI=1S/C46H40N2/c1-33(23-26-36(4)47(40-17-7-5-8-18-40)45-34(2)24-27-38-15-11-13-21-43(38)45)37-29-31-42(32-30-37)48(41-19-9-6-10-20-41)46-35(3)25-28-39-16-12-14-22-44(39)46/h5-27,29-32,39H,1,4,28H2,2-3H3/b26-23-. The Hall–Kier alpha value is -5.86. The maximum atomic E-state index is 4.55. The van der Waals surface area contributed by atoms with Gasteiger partial charge in [0.25, 0.3) is 0 Å². The summed E-state index contributed by atoms with van der Waals surface area (Å²) in [4.78, 5) is 4.64. The summed E-state index contributed by atoms with van der Waals surface area (Å²) < 4.78 is 0. The van der Waals surface area contributed by atoms with Gasteiger partial charge >= 0.3 is 0 Å². The highest BCUT2D eigenvalue weighted by Crippen LogP contribution is 2.42. The maximum absolute atomic E-state index is 4.55. The van der Waals surface area contributed by atoms with Crippen LogP contribution in [0.25, 0.3) is 16.3 Å². The van der Waals surface area contributed by atoms with Crippen molar-refractivity contribution in [1.29, 1.82) is 0 Å². The number of rotatable bonds is 9. The second-order valence-corrected chi connectivity index (χ2v) is 12.5. The second kappa shape index (κ2) is 13.5. The van der Waals surface area contributed by atoms with Crippen molar-refractivity contribution in [2.75, 3.05) is 9.80 Å². The minimum absolute atomic E-state index is 0.394. The molecule has 0 bridgehead atoms. The molecule has 2 aliphatic carbocycles. The van der Waals surface area contributed by atoms with E-state index in [1.165, 1.54) is 33.2 Å². The van der Waals surface area contributed by atoms with Crippen LogP contribution < -0.4 is 9.80 Å². The molecule has 0 radical (unpaired) electrons. The Morgan fingerprint density at radius 2 is 1.35 bits per heavy atom. The van der Waals surface area contributed by atoms with Gasteiger partial charge in [0.15, 0.2) is 0 Å². The molecule has 1 unspecified atom stereocenters. The van der Waals surface area contributed by atoms with E-state index in [1.54, 1.807) is 0 Å². The monoisotopic (exact) mass is 620 g/mol. The summed E-state index contributed by atoms with van der Waals surface area (Å²) >= 11 is 0.